The number of carbonyl (C=O) groups is 1. The van der Waals surface area contributed by atoms with Crippen LogP contribution in [0.3, 0.4) is 0 Å². The summed E-state index contributed by atoms with van der Waals surface area (Å²) in [6.45, 7) is 6.67. The van der Waals surface area contributed by atoms with Crippen molar-refractivity contribution in [3.8, 4) is 0 Å². The molecule has 1 amide bonds. The van der Waals surface area contributed by atoms with Crippen molar-refractivity contribution >= 4 is 21.8 Å². The number of likely N-dealkylation sites (N-methyl/N-ethyl adjacent to an activating group) is 1. The highest BCUT2D eigenvalue weighted by molar-refractivity contribution is 9.09. The van der Waals surface area contributed by atoms with Gasteiger partial charge in [0.15, 0.2) is 0 Å². The molecule has 0 aromatic rings. The van der Waals surface area contributed by atoms with Crippen molar-refractivity contribution in [1.82, 2.24) is 4.90 Å². The maximum atomic E-state index is 12.3. The van der Waals surface area contributed by atoms with E-state index >= 15 is 0 Å². The van der Waals surface area contributed by atoms with Crippen molar-refractivity contribution in [2.24, 2.45) is 0 Å². The first kappa shape index (κ1) is 13.0. The molecule has 0 spiro atoms. The summed E-state index contributed by atoms with van der Waals surface area (Å²) in [5.41, 5.74) is -0.778. The Hall–Kier alpha value is -0.0900. The molecule has 88 valence electrons. The van der Waals surface area contributed by atoms with Crippen LogP contribution in [0.15, 0.2) is 0 Å². The largest absolute Gasteiger partial charge is 0.365 e. The van der Waals surface area contributed by atoms with Crippen LogP contribution in [-0.4, -0.2) is 40.9 Å². The maximum absolute atomic E-state index is 12.3. The topological polar surface area (TPSA) is 29.5 Å². The highest BCUT2D eigenvalue weighted by atomic mass is 79.9. The minimum Gasteiger partial charge on any atom is -0.365 e. The molecule has 1 aliphatic rings. The molecule has 1 rings (SSSR count). The van der Waals surface area contributed by atoms with Crippen LogP contribution < -0.4 is 0 Å². The summed E-state index contributed by atoms with van der Waals surface area (Å²) in [4.78, 5) is 14.0. The van der Waals surface area contributed by atoms with Crippen LogP contribution in [-0.2, 0) is 9.53 Å². The normalized spacial score (nSPS) is 26.7. The van der Waals surface area contributed by atoms with E-state index in [9.17, 15) is 4.79 Å². The molecule has 1 saturated heterocycles. The Labute approximate surface area is 100 Å². The molecule has 15 heavy (non-hydrogen) atoms. The molecule has 1 atom stereocenters. The van der Waals surface area contributed by atoms with E-state index in [0.29, 0.717) is 6.61 Å². The van der Waals surface area contributed by atoms with Crippen LogP contribution in [0.2, 0.25) is 0 Å². The van der Waals surface area contributed by atoms with Crippen molar-refractivity contribution in [3.63, 3.8) is 0 Å². The van der Waals surface area contributed by atoms with Crippen molar-refractivity contribution in [3.05, 3.63) is 0 Å². The molecule has 0 bridgehead atoms. The average molecular weight is 278 g/mol. The Morgan fingerprint density at radius 3 is 2.60 bits per heavy atom. The number of halogens is 1. The second-order valence-electron chi connectivity index (χ2n) is 4.99. The Kier molecular flexibility index (Phi) is 3.82. The van der Waals surface area contributed by atoms with Gasteiger partial charge < -0.3 is 9.64 Å². The van der Waals surface area contributed by atoms with Gasteiger partial charge in [0, 0.05) is 24.5 Å². The predicted molar refractivity (Wildman–Crippen MR) is 64.2 cm³/mol. The molecular weight excluding hydrogens is 258 g/mol. The molecule has 0 aromatic carbocycles. The lowest BCUT2D eigenvalue weighted by Gasteiger charge is -2.38. The third-order valence-corrected chi connectivity index (χ3v) is 4.58. The predicted octanol–water partition coefficient (Wildman–Crippen LogP) is 2.19. The van der Waals surface area contributed by atoms with Gasteiger partial charge in [-0.05, 0) is 33.6 Å². The van der Waals surface area contributed by atoms with E-state index in [2.05, 4.69) is 15.9 Å². The van der Waals surface area contributed by atoms with E-state index in [4.69, 9.17) is 4.74 Å². The number of hydrogen-bond acceptors (Lipinski definition) is 2. The highest BCUT2D eigenvalue weighted by Crippen LogP contribution is 2.29. The number of amides is 1. The van der Waals surface area contributed by atoms with E-state index in [-0.39, 0.29) is 11.4 Å². The van der Waals surface area contributed by atoms with Gasteiger partial charge in [0.25, 0.3) is 5.91 Å². The quantitative estimate of drug-likeness (QED) is 0.741. The van der Waals surface area contributed by atoms with Gasteiger partial charge in [-0.15, -0.1) is 0 Å². The molecule has 3 nitrogen and oxygen atoms in total. The fourth-order valence-electron chi connectivity index (χ4n) is 1.67. The highest BCUT2D eigenvalue weighted by Gasteiger charge is 2.42. The molecule has 0 aliphatic carbocycles. The van der Waals surface area contributed by atoms with Gasteiger partial charge in [0.1, 0.15) is 5.60 Å². The van der Waals surface area contributed by atoms with Gasteiger partial charge in [-0.2, -0.15) is 0 Å². The van der Waals surface area contributed by atoms with E-state index in [0.717, 1.165) is 18.2 Å². The Morgan fingerprint density at radius 1 is 1.60 bits per heavy atom. The second-order valence-corrected chi connectivity index (χ2v) is 5.55. The number of ether oxygens (including phenoxy) is 1. The molecule has 4 heteroatoms. The maximum Gasteiger partial charge on any atom is 0.254 e. The van der Waals surface area contributed by atoms with Gasteiger partial charge in [-0.1, -0.05) is 15.9 Å². The Bertz CT molecular complexity index is 247. The molecule has 0 saturated carbocycles. The molecule has 0 aromatic heterocycles. The molecule has 1 unspecified atom stereocenters. The third kappa shape index (κ3) is 2.53. The third-order valence-electron chi connectivity index (χ3n) is 3.21. The minimum absolute atomic E-state index is 0.0875. The van der Waals surface area contributed by atoms with Crippen LogP contribution >= 0.6 is 15.9 Å². The van der Waals surface area contributed by atoms with E-state index in [1.165, 1.54) is 0 Å². The fourth-order valence-corrected chi connectivity index (χ4v) is 2.04. The van der Waals surface area contributed by atoms with Crippen molar-refractivity contribution in [2.75, 3.05) is 19.0 Å². The molecule has 1 heterocycles. The van der Waals surface area contributed by atoms with Crippen LogP contribution in [0.25, 0.3) is 0 Å². The summed E-state index contributed by atoms with van der Waals surface area (Å²) < 4.78 is 5.56. The van der Waals surface area contributed by atoms with Gasteiger partial charge in [-0.3, -0.25) is 4.79 Å². The lowest BCUT2D eigenvalue weighted by molar-refractivity contribution is -0.153. The number of nitrogens with zero attached hydrogens (tertiary/aromatic N) is 1. The van der Waals surface area contributed by atoms with Crippen LogP contribution in [0.5, 0.6) is 0 Å². The first-order valence-electron chi connectivity index (χ1n) is 5.32. The lowest BCUT2D eigenvalue weighted by Crippen LogP contribution is -2.54. The molecule has 0 N–H and O–H groups in total. The summed E-state index contributed by atoms with van der Waals surface area (Å²) in [6, 6.07) is 0. The zero-order chi connectivity index (χ0) is 11.7. The molecule has 0 radical (unpaired) electrons. The monoisotopic (exact) mass is 277 g/mol. The zero-order valence-electron chi connectivity index (χ0n) is 9.97. The van der Waals surface area contributed by atoms with Gasteiger partial charge in [0.05, 0.1) is 0 Å². The van der Waals surface area contributed by atoms with Gasteiger partial charge >= 0.3 is 0 Å². The summed E-state index contributed by atoms with van der Waals surface area (Å²) in [5.74, 6) is 0.0875. The molecular formula is C11H20BrNO2. The second kappa shape index (κ2) is 4.42. The smallest absolute Gasteiger partial charge is 0.254 e. The average Bonchev–Trinajstić information content (AvgIpc) is 2.64. The van der Waals surface area contributed by atoms with Gasteiger partial charge in [0.2, 0.25) is 0 Å². The minimum atomic E-state index is -0.603. The van der Waals surface area contributed by atoms with Crippen molar-refractivity contribution < 1.29 is 9.53 Å². The number of carbonyl (C=O) groups excluding carboxylic acids is 1. The van der Waals surface area contributed by atoms with E-state index in [1.54, 1.807) is 4.90 Å². The first-order valence-corrected chi connectivity index (χ1v) is 6.44. The SMILES string of the molecule is CN(C(=O)C1(C)CCCO1)C(C)(C)CBr. The van der Waals surface area contributed by atoms with Crippen LogP contribution in [0.4, 0.5) is 0 Å². The lowest BCUT2D eigenvalue weighted by atomic mass is 9.97. The standard InChI is InChI=1S/C11H20BrNO2/c1-10(2,8-12)13(4)9(14)11(3)6-5-7-15-11/h5-8H2,1-4H3. The number of rotatable bonds is 3. The van der Waals surface area contributed by atoms with Crippen LogP contribution in [0, 0.1) is 0 Å². The van der Waals surface area contributed by atoms with Crippen LogP contribution in [0.1, 0.15) is 33.6 Å². The van der Waals surface area contributed by atoms with E-state index < -0.39 is 5.60 Å². The number of hydrogen-bond donors (Lipinski definition) is 0. The van der Waals surface area contributed by atoms with Crippen molar-refractivity contribution in [2.45, 2.75) is 44.8 Å². The molecule has 1 fully saturated rings. The summed E-state index contributed by atoms with van der Waals surface area (Å²) in [5, 5.41) is 0.762. The zero-order valence-corrected chi connectivity index (χ0v) is 11.6. The summed E-state index contributed by atoms with van der Waals surface area (Å²) in [6.07, 6.45) is 1.80. The Balaban J connectivity index is 2.76. The summed E-state index contributed by atoms with van der Waals surface area (Å²) >= 11 is 3.43. The first-order chi connectivity index (χ1) is 6.83. The fraction of sp³-hybridized carbons (Fsp3) is 0.909. The Morgan fingerprint density at radius 2 is 2.20 bits per heavy atom. The van der Waals surface area contributed by atoms with E-state index in [1.807, 2.05) is 27.8 Å². The number of alkyl halides is 1. The molecule has 1 aliphatic heterocycles. The van der Waals surface area contributed by atoms with Gasteiger partial charge in [-0.25, -0.2) is 0 Å². The van der Waals surface area contributed by atoms with Crippen molar-refractivity contribution in [1.29, 1.82) is 0 Å². The summed E-state index contributed by atoms with van der Waals surface area (Å²) in [7, 11) is 1.84.